The minimum absolute atomic E-state index is 0.0121. The Labute approximate surface area is 202 Å². The third kappa shape index (κ3) is 5.15. The lowest BCUT2D eigenvalue weighted by atomic mass is 9.46. The Bertz CT molecular complexity index is 738. The number of ether oxygens (including phenoxy) is 2. The average molecular weight is 485 g/mol. The molecule has 0 radical (unpaired) electrons. The van der Waals surface area contributed by atoms with E-state index in [9.17, 15) is 30.6 Å². The molecule has 3 fully saturated rings. The quantitative estimate of drug-likeness (QED) is 0.283. The van der Waals surface area contributed by atoms with E-state index in [0.29, 0.717) is 12.3 Å². The van der Waals surface area contributed by atoms with E-state index in [2.05, 4.69) is 13.5 Å². The predicted molar refractivity (Wildman–Crippen MR) is 127 cm³/mol. The Morgan fingerprint density at radius 2 is 1.82 bits per heavy atom. The third-order valence-corrected chi connectivity index (χ3v) is 9.06. The number of fused-ring (bicyclic) bond motifs is 1. The van der Waals surface area contributed by atoms with Gasteiger partial charge in [-0.2, -0.15) is 0 Å². The van der Waals surface area contributed by atoms with Gasteiger partial charge >= 0.3 is 0 Å². The molecule has 3 rings (SSSR count). The van der Waals surface area contributed by atoms with Crippen LogP contribution in [0.2, 0.25) is 0 Å². The van der Waals surface area contributed by atoms with Crippen LogP contribution in [0.3, 0.4) is 0 Å². The molecule has 2 aliphatic carbocycles. The van der Waals surface area contributed by atoms with Gasteiger partial charge in [0, 0.05) is 5.41 Å². The molecule has 0 aromatic carbocycles. The normalized spacial score (nSPS) is 45.8. The molecule has 3 aliphatic rings. The van der Waals surface area contributed by atoms with E-state index in [0.717, 1.165) is 37.7 Å². The number of aliphatic hydroxyl groups excluding tert-OH is 6. The van der Waals surface area contributed by atoms with Gasteiger partial charge in [-0.1, -0.05) is 37.6 Å². The first-order valence-corrected chi connectivity index (χ1v) is 12.5. The van der Waals surface area contributed by atoms with Crippen molar-refractivity contribution in [1.82, 2.24) is 0 Å². The van der Waals surface area contributed by atoms with Gasteiger partial charge in [0.25, 0.3) is 0 Å². The highest BCUT2D eigenvalue weighted by atomic mass is 16.7. The largest absolute Gasteiger partial charge is 0.396 e. The molecule has 0 spiro atoms. The van der Waals surface area contributed by atoms with Crippen LogP contribution in [0.4, 0.5) is 0 Å². The predicted octanol–water partition coefficient (Wildman–Crippen LogP) is 1.27. The molecule has 0 aromatic heterocycles. The van der Waals surface area contributed by atoms with Gasteiger partial charge in [-0.25, -0.2) is 0 Å². The molecular formula is C26H44O8. The summed E-state index contributed by atoms with van der Waals surface area (Å²) in [6.07, 6.45) is 0.267. The van der Waals surface area contributed by atoms with Crippen LogP contribution < -0.4 is 0 Å². The Balaban J connectivity index is 1.59. The first-order valence-electron chi connectivity index (χ1n) is 12.5. The number of hydrogen-bond acceptors (Lipinski definition) is 8. The molecule has 0 aromatic rings. The van der Waals surface area contributed by atoms with Crippen molar-refractivity contribution in [3.8, 4) is 0 Å². The van der Waals surface area contributed by atoms with Crippen molar-refractivity contribution in [1.29, 1.82) is 0 Å². The van der Waals surface area contributed by atoms with Crippen molar-refractivity contribution in [2.75, 3.05) is 19.8 Å². The van der Waals surface area contributed by atoms with Gasteiger partial charge in [0.15, 0.2) is 6.29 Å². The standard InChI is InChI=1S/C26H44O8/c1-15(10-12-33-24-23(32)22(31)21(30)18(13-27)34-24)5-7-17-16(2)6-8-19-25(17,3)11-9-20(29)26(19,4)14-28/h10,17-24,27-32H,2,5-9,11-14H2,1,3-4H3/b15-10+/t17-,18+,19+,20-,21+,22-,23+,24+,25+,26+/m0/s1. The summed E-state index contributed by atoms with van der Waals surface area (Å²) in [5.41, 5.74) is 1.86. The molecular weight excluding hydrogens is 440 g/mol. The molecule has 196 valence electrons. The fraction of sp³-hybridized carbons (Fsp3) is 0.846. The molecule has 10 atom stereocenters. The van der Waals surface area contributed by atoms with E-state index in [4.69, 9.17) is 9.47 Å². The second-order valence-corrected chi connectivity index (χ2v) is 11.1. The maximum absolute atomic E-state index is 10.7. The highest BCUT2D eigenvalue weighted by Crippen LogP contribution is 2.61. The Hall–Kier alpha value is -0.840. The van der Waals surface area contributed by atoms with Crippen LogP contribution in [0.25, 0.3) is 0 Å². The van der Waals surface area contributed by atoms with Gasteiger partial charge in [-0.3, -0.25) is 0 Å². The van der Waals surface area contributed by atoms with Crippen molar-refractivity contribution >= 4 is 0 Å². The average Bonchev–Trinajstić information content (AvgIpc) is 2.81. The van der Waals surface area contributed by atoms with Gasteiger partial charge in [0.05, 0.1) is 25.9 Å². The van der Waals surface area contributed by atoms with Crippen LogP contribution in [0.5, 0.6) is 0 Å². The van der Waals surface area contributed by atoms with E-state index in [-0.39, 0.29) is 24.5 Å². The van der Waals surface area contributed by atoms with E-state index in [1.807, 2.05) is 19.9 Å². The summed E-state index contributed by atoms with van der Waals surface area (Å²) in [6.45, 7) is 10.4. The number of rotatable bonds is 8. The van der Waals surface area contributed by atoms with Crippen molar-refractivity contribution in [2.24, 2.45) is 22.7 Å². The van der Waals surface area contributed by atoms with Crippen molar-refractivity contribution < 1.29 is 40.1 Å². The first kappa shape index (κ1) is 27.7. The monoisotopic (exact) mass is 484 g/mol. The second-order valence-electron chi connectivity index (χ2n) is 11.1. The molecule has 0 unspecified atom stereocenters. The zero-order chi connectivity index (χ0) is 25.3. The number of allylic oxidation sites excluding steroid dienone is 2. The molecule has 8 nitrogen and oxygen atoms in total. The fourth-order valence-corrected chi connectivity index (χ4v) is 6.70. The molecule has 2 saturated carbocycles. The zero-order valence-corrected chi connectivity index (χ0v) is 20.8. The summed E-state index contributed by atoms with van der Waals surface area (Å²) >= 11 is 0. The summed E-state index contributed by atoms with van der Waals surface area (Å²) in [5.74, 6) is 0.544. The molecule has 34 heavy (non-hydrogen) atoms. The lowest BCUT2D eigenvalue weighted by Gasteiger charge is -2.60. The van der Waals surface area contributed by atoms with Crippen molar-refractivity contribution in [3.05, 3.63) is 23.8 Å². The molecule has 8 heteroatoms. The van der Waals surface area contributed by atoms with Crippen LogP contribution in [-0.2, 0) is 9.47 Å². The number of aliphatic hydroxyl groups is 6. The van der Waals surface area contributed by atoms with E-state index in [1.54, 1.807) is 0 Å². The molecule has 1 heterocycles. The molecule has 1 saturated heterocycles. The minimum atomic E-state index is -1.45. The van der Waals surface area contributed by atoms with Crippen LogP contribution in [-0.4, -0.2) is 87.3 Å². The molecule has 0 bridgehead atoms. The SMILES string of the molecule is C=C1CC[C@@H]2[C@](C)(CC[C@H](O)[C@]2(C)CO)[C@H]1CC/C(C)=C/CO[C@@H]1O[C@H](CO)[C@@H](O)[C@H](O)[C@H]1O. The topological polar surface area (TPSA) is 140 Å². The van der Waals surface area contributed by atoms with Crippen LogP contribution in [0, 0.1) is 22.7 Å². The molecule has 1 aliphatic heterocycles. The van der Waals surface area contributed by atoms with Gasteiger partial charge in [0.1, 0.15) is 24.4 Å². The van der Waals surface area contributed by atoms with Crippen LogP contribution in [0.1, 0.15) is 59.3 Å². The van der Waals surface area contributed by atoms with Gasteiger partial charge in [-0.15, -0.1) is 0 Å². The Kier molecular flexibility index (Phi) is 9.02. The summed E-state index contributed by atoms with van der Waals surface area (Å²) in [4.78, 5) is 0. The maximum Gasteiger partial charge on any atom is 0.187 e. The van der Waals surface area contributed by atoms with Crippen molar-refractivity contribution in [3.63, 3.8) is 0 Å². The lowest BCUT2D eigenvalue weighted by Crippen LogP contribution is -2.59. The fourth-order valence-electron chi connectivity index (χ4n) is 6.70. The van der Waals surface area contributed by atoms with E-state index < -0.39 is 48.8 Å². The second kappa shape index (κ2) is 11.0. The zero-order valence-electron chi connectivity index (χ0n) is 20.8. The summed E-state index contributed by atoms with van der Waals surface area (Å²) in [7, 11) is 0. The summed E-state index contributed by atoms with van der Waals surface area (Å²) < 4.78 is 11.0. The van der Waals surface area contributed by atoms with Gasteiger partial charge in [0.2, 0.25) is 0 Å². The number of hydrogen-bond donors (Lipinski definition) is 6. The van der Waals surface area contributed by atoms with Gasteiger partial charge < -0.3 is 40.1 Å². The van der Waals surface area contributed by atoms with E-state index >= 15 is 0 Å². The highest BCUT2D eigenvalue weighted by Gasteiger charge is 2.57. The minimum Gasteiger partial charge on any atom is -0.396 e. The third-order valence-electron chi connectivity index (χ3n) is 9.06. The van der Waals surface area contributed by atoms with E-state index in [1.165, 1.54) is 5.57 Å². The van der Waals surface area contributed by atoms with Crippen molar-refractivity contribution in [2.45, 2.75) is 96.1 Å². The highest BCUT2D eigenvalue weighted by molar-refractivity contribution is 5.18. The van der Waals surface area contributed by atoms with Crippen LogP contribution in [0.15, 0.2) is 23.8 Å². The molecule has 6 N–H and O–H groups in total. The summed E-state index contributed by atoms with van der Waals surface area (Å²) in [6, 6.07) is 0. The Morgan fingerprint density at radius 3 is 2.47 bits per heavy atom. The Morgan fingerprint density at radius 1 is 1.12 bits per heavy atom. The first-order chi connectivity index (χ1) is 16.0. The lowest BCUT2D eigenvalue weighted by molar-refractivity contribution is -0.298. The smallest absolute Gasteiger partial charge is 0.187 e. The summed E-state index contributed by atoms with van der Waals surface area (Å²) in [5, 5.41) is 60.0. The van der Waals surface area contributed by atoms with Crippen LogP contribution >= 0.6 is 0 Å². The van der Waals surface area contributed by atoms with Gasteiger partial charge in [-0.05, 0) is 62.7 Å². The molecule has 0 amide bonds. The maximum atomic E-state index is 10.7.